The number of fused-ring (bicyclic) bond motifs is 1. The molecular formula is C42H34N6OS2. The van der Waals surface area contributed by atoms with Crippen molar-refractivity contribution >= 4 is 34.2 Å². The second kappa shape index (κ2) is 13.2. The number of thiophene rings is 1. The van der Waals surface area contributed by atoms with Gasteiger partial charge < -0.3 is 5.32 Å². The van der Waals surface area contributed by atoms with Crippen molar-refractivity contribution in [3.8, 4) is 32.4 Å². The van der Waals surface area contributed by atoms with Crippen molar-refractivity contribution in [3.05, 3.63) is 167 Å². The molecule has 0 spiro atoms. The SMILES string of the molecule is O=C(NC1CCCC1)c1ccc(-c2nn(C(c3ccccc3)(c3ccccc3)c3ccccc3)cc2-c2ccc3ncc(-c4nccs4)n3c2)s1. The third-order valence-corrected chi connectivity index (χ3v) is 11.7. The van der Waals surface area contributed by atoms with Crippen LogP contribution in [-0.4, -0.2) is 36.1 Å². The van der Waals surface area contributed by atoms with Gasteiger partial charge in [-0.05, 0) is 53.8 Å². The van der Waals surface area contributed by atoms with Crippen LogP contribution in [0.15, 0.2) is 145 Å². The van der Waals surface area contributed by atoms with Gasteiger partial charge in [-0.1, -0.05) is 104 Å². The maximum absolute atomic E-state index is 13.4. The van der Waals surface area contributed by atoms with E-state index in [1.165, 1.54) is 24.2 Å². The van der Waals surface area contributed by atoms with Crippen molar-refractivity contribution in [1.29, 1.82) is 0 Å². The minimum absolute atomic E-state index is 0.0146. The number of amides is 1. The fraction of sp³-hybridized carbons (Fsp3) is 0.143. The van der Waals surface area contributed by atoms with E-state index in [-0.39, 0.29) is 11.9 Å². The van der Waals surface area contributed by atoms with Gasteiger partial charge in [0.1, 0.15) is 27.6 Å². The summed E-state index contributed by atoms with van der Waals surface area (Å²) in [5.41, 5.74) is 6.97. The van der Waals surface area contributed by atoms with E-state index < -0.39 is 5.54 Å². The molecule has 0 atom stereocenters. The van der Waals surface area contributed by atoms with E-state index in [0.717, 1.165) is 67.6 Å². The number of nitrogens with one attached hydrogen (secondary N) is 1. The first-order chi connectivity index (χ1) is 25.2. The molecule has 1 fully saturated rings. The van der Waals surface area contributed by atoms with E-state index in [9.17, 15) is 4.79 Å². The van der Waals surface area contributed by atoms with E-state index in [1.54, 1.807) is 11.3 Å². The lowest BCUT2D eigenvalue weighted by Gasteiger charge is -2.36. The Morgan fingerprint density at radius 1 is 0.765 bits per heavy atom. The first kappa shape index (κ1) is 31.3. The number of benzene rings is 3. The van der Waals surface area contributed by atoms with Gasteiger partial charge in [0.05, 0.1) is 16.0 Å². The maximum Gasteiger partial charge on any atom is 0.261 e. The van der Waals surface area contributed by atoms with E-state index in [1.807, 2.05) is 54.2 Å². The molecule has 5 aromatic heterocycles. The number of imidazole rings is 1. The Morgan fingerprint density at radius 3 is 2.06 bits per heavy atom. The van der Waals surface area contributed by atoms with Crippen LogP contribution in [0.25, 0.3) is 38.0 Å². The van der Waals surface area contributed by atoms with Crippen LogP contribution in [0.1, 0.15) is 52.0 Å². The zero-order valence-electron chi connectivity index (χ0n) is 27.7. The summed E-state index contributed by atoms with van der Waals surface area (Å²) in [6.07, 6.45) is 12.4. The number of carbonyl (C=O) groups excluding carboxylic acids is 1. The minimum Gasteiger partial charge on any atom is -0.349 e. The first-order valence-electron chi connectivity index (χ1n) is 17.2. The molecule has 5 heterocycles. The summed E-state index contributed by atoms with van der Waals surface area (Å²) in [6.45, 7) is 0. The van der Waals surface area contributed by atoms with E-state index in [0.29, 0.717) is 4.88 Å². The highest BCUT2D eigenvalue weighted by molar-refractivity contribution is 7.17. The summed E-state index contributed by atoms with van der Waals surface area (Å²) in [6, 6.07) is 40.1. The standard InChI is InChI=1S/C42H34N6OS2/c49-40(45-33-18-10-11-19-33)37-22-21-36(51-37)39-34(29-20-23-38-44-26-35(47(38)27-29)41-43-24-25-50-41)28-48(46-39)42(30-12-4-1-5-13-30,31-14-6-2-7-15-31)32-16-8-3-9-17-32/h1-9,12-17,20-28,33H,10-11,18-19H2,(H,45,49). The van der Waals surface area contributed by atoms with Gasteiger partial charge in [0.15, 0.2) is 0 Å². The summed E-state index contributed by atoms with van der Waals surface area (Å²) in [7, 11) is 0. The molecule has 1 saturated carbocycles. The van der Waals surface area contributed by atoms with Gasteiger partial charge in [-0.15, -0.1) is 22.7 Å². The van der Waals surface area contributed by atoms with Gasteiger partial charge in [0.25, 0.3) is 5.91 Å². The molecule has 250 valence electrons. The van der Waals surface area contributed by atoms with E-state index >= 15 is 0 Å². The van der Waals surface area contributed by atoms with Crippen molar-refractivity contribution in [2.45, 2.75) is 37.3 Å². The third kappa shape index (κ3) is 5.59. The molecule has 8 aromatic rings. The number of aromatic nitrogens is 5. The fourth-order valence-electron chi connectivity index (χ4n) is 7.44. The Bertz CT molecular complexity index is 2330. The van der Waals surface area contributed by atoms with Crippen LogP contribution in [-0.2, 0) is 5.54 Å². The van der Waals surface area contributed by atoms with E-state index in [4.69, 9.17) is 5.10 Å². The number of hydrogen-bond donors (Lipinski definition) is 1. The molecule has 0 unspecified atom stereocenters. The van der Waals surface area contributed by atoms with Crippen molar-refractivity contribution in [1.82, 2.24) is 29.5 Å². The quantitative estimate of drug-likeness (QED) is 0.152. The molecule has 1 N–H and O–H groups in total. The van der Waals surface area contributed by atoms with Gasteiger partial charge in [-0.3, -0.25) is 13.9 Å². The van der Waals surface area contributed by atoms with Crippen molar-refractivity contribution in [3.63, 3.8) is 0 Å². The molecule has 0 aliphatic heterocycles. The Morgan fingerprint density at radius 2 is 1.43 bits per heavy atom. The van der Waals surface area contributed by atoms with Crippen LogP contribution < -0.4 is 5.32 Å². The average Bonchev–Trinajstić information content (AvgIpc) is 4.03. The molecule has 1 aliphatic carbocycles. The third-order valence-electron chi connectivity index (χ3n) is 9.85. The second-order valence-electron chi connectivity index (χ2n) is 12.9. The van der Waals surface area contributed by atoms with Gasteiger partial charge in [-0.25, -0.2) is 9.97 Å². The lowest BCUT2D eigenvalue weighted by molar-refractivity contribution is 0.0942. The molecule has 9 heteroatoms. The predicted molar refractivity (Wildman–Crippen MR) is 205 cm³/mol. The normalized spacial score (nSPS) is 13.6. The Labute approximate surface area is 303 Å². The van der Waals surface area contributed by atoms with Gasteiger partial charge >= 0.3 is 0 Å². The van der Waals surface area contributed by atoms with Crippen LogP contribution >= 0.6 is 22.7 Å². The summed E-state index contributed by atoms with van der Waals surface area (Å²) in [4.78, 5) is 24.3. The number of thiazole rings is 1. The molecular weight excluding hydrogens is 669 g/mol. The highest BCUT2D eigenvalue weighted by atomic mass is 32.1. The molecule has 51 heavy (non-hydrogen) atoms. The van der Waals surface area contributed by atoms with Crippen LogP contribution in [0.2, 0.25) is 0 Å². The highest BCUT2D eigenvalue weighted by Gasteiger charge is 2.40. The molecule has 3 aromatic carbocycles. The van der Waals surface area contributed by atoms with Gasteiger partial charge in [-0.2, -0.15) is 5.10 Å². The average molecular weight is 703 g/mol. The second-order valence-corrected chi connectivity index (χ2v) is 14.9. The van der Waals surface area contributed by atoms with Crippen LogP contribution in [0, 0.1) is 0 Å². The van der Waals surface area contributed by atoms with Crippen molar-refractivity contribution in [2.24, 2.45) is 0 Å². The fourth-order valence-corrected chi connectivity index (χ4v) is 8.99. The van der Waals surface area contributed by atoms with E-state index in [2.05, 4.69) is 116 Å². The Hall–Kier alpha value is -5.64. The van der Waals surface area contributed by atoms with Crippen molar-refractivity contribution in [2.75, 3.05) is 0 Å². The summed E-state index contributed by atoms with van der Waals surface area (Å²) < 4.78 is 4.22. The van der Waals surface area contributed by atoms with Crippen molar-refractivity contribution < 1.29 is 4.79 Å². The summed E-state index contributed by atoms with van der Waals surface area (Å²) >= 11 is 3.08. The molecule has 9 rings (SSSR count). The van der Waals surface area contributed by atoms with Crippen LogP contribution in [0.5, 0.6) is 0 Å². The van der Waals surface area contributed by atoms with Crippen LogP contribution in [0.4, 0.5) is 0 Å². The lowest BCUT2D eigenvalue weighted by Crippen LogP contribution is -2.38. The Balaban J connectivity index is 1.28. The molecule has 0 radical (unpaired) electrons. The molecule has 1 amide bonds. The van der Waals surface area contributed by atoms with Gasteiger partial charge in [0.2, 0.25) is 0 Å². The Kier molecular flexibility index (Phi) is 8.14. The number of pyridine rings is 1. The number of carbonyl (C=O) groups is 1. The first-order valence-corrected chi connectivity index (χ1v) is 18.9. The minimum atomic E-state index is -0.804. The number of nitrogens with zero attached hydrogens (tertiary/aromatic N) is 5. The molecule has 0 bridgehead atoms. The smallest absolute Gasteiger partial charge is 0.261 e. The maximum atomic E-state index is 13.4. The summed E-state index contributed by atoms with van der Waals surface area (Å²) in [5.74, 6) is -0.0146. The topological polar surface area (TPSA) is 77.1 Å². The predicted octanol–water partition coefficient (Wildman–Crippen LogP) is 9.56. The zero-order chi connectivity index (χ0) is 34.2. The lowest BCUT2D eigenvalue weighted by atomic mass is 9.77. The molecule has 1 aliphatic rings. The molecule has 7 nitrogen and oxygen atoms in total. The number of hydrogen-bond acceptors (Lipinski definition) is 6. The van der Waals surface area contributed by atoms with Crippen LogP contribution in [0.3, 0.4) is 0 Å². The zero-order valence-corrected chi connectivity index (χ0v) is 29.4. The van der Waals surface area contributed by atoms with Gasteiger partial charge in [0, 0.05) is 41.1 Å². The summed E-state index contributed by atoms with van der Waals surface area (Å²) in [5, 5.41) is 11.7. The largest absolute Gasteiger partial charge is 0.349 e. The molecule has 0 saturated heterocycles. The monoisotopic (exact) mass is 702 g/mol. The highest BCUT2D eigenvalue weighted by Crippen LogP contribution is 2.44. The number of rotatable bonds is 9.